The van der Waals surface area contributed by atoms with E-state index >= 15 is 0 Å². The van der Waals surface area contributed by atoms with E-state index < -0.39 is 0 Å². The molecule has 0 fully saturated rings. The highest BCUT2D eigenvalue weighted by atomic mass is 16.5. The topological polar surface area (TPSA) is 101 Å². The maximum absolute atomic E-state index is 9.16. The van der Waals surface area contributed by atoms with Gasteiger partial charge in [0.1, 0.15) is 28.6 Å². The number of rotatable bonds is 7. The van der Waals surface area contributed by atoms with E-state index in [0.717, 1.165) is 63.9 Å². The van der Waals surface area contributed by atoms with Crippen LogP contribution in [0.1, 0.15) is 42.1 Å². The van der Waals surface area contributed by atoms with Crippen molar-refractivity contribution in [3.63, 3.8) is 0 Å². The maximum atomic E-state index is 9.16. The zero-order valence-electron chi connectivity index (χ0n) is 18.4. The van der Waals surface area contributed by atoms with Crippen LogP contribution in [0, 0.1) is 0 Å². The number of ether oxygens (including phenoxy) is 3. The number of nitrogens with one attached hydrogen (secondary N) is 2. The Morgan fingerprint density at radius 3 is 2.94 bits per heavy atom. The van der Waals surface area contributed by atoms with Gasteiger partial charge in [0.15, 0.2) is 0 Å². The summed E-state index contributed by atoms with van der Waals surface area (Å²) < 4.78 is 17.4. The lowest BCUT2D eigenvalue weighted by molar-refractivity contribution is 0.234. The lowest BCUT2D eigenvalue weighted by Gasteiger charge is -2.24. The number of benzene rings is 2. The number of aromatic amines is 1. The number of imidazole rings is 1. The van der Waals surface area contributed by atoms with Crippen molar-refractivity contribution in [3.05, 3.63) is 47.3 Å². The van der Waals surface area contributed by atoms with Gasteiger partial charge >= 0.3 is 0 Å². The number of methoxy groups -OCH3 is 1. The van der Waals surface area contributed by atoms with E-state index in [1.807, 2.05) is 25.1 Å². The highest BCUT2D eigenvalue weighted by Gasteiger charge is 2.27. The van der Waals surface area contributed by atoms with Crippen molar-refractivity contribution in [1.82, 2.24) is 15.4 Å². The quantitative estimate of drug-likeness (QED) is 0.492. The van der Waals surface area contributed by atoms with Crippen molar-refractivity contribution in [2.24, 2.45) is 5.10 Å². The smallest absolute Gasteiger partial charge is 0.147 e. The van der Waals surface area contributed by atoms with Gasteiger partial charge in [0.2, 0.25) is 0 Å². The summed E-state index contributed by atoms with van der Waals surface area (Å²) in [6.07, 6.45) is 1.39. The molecule has 32 heavy (non-hydrogen) atoms. The molecular formula is C24H28N4O4. The predicted octanol–water partition coefficient (Wildman–Crippen LogP) is 3.11. The Morgan fingerprint density at radius 2 is 2.16 bits per heavy atom. The standard InChI is InChI=1S/C24H28N4O4/c1-14-19(12-25-28-14)15-10-20-23(22(11-15)31-7-3-6-29)27-24(26-20)17-8-16-9-18(30-2)4-5-21(16)32-13-17/h4-5,9-11,17,19,25,29H,3,6-8,12-13H2,1-2H3,(H,26,27). The first-order chi connectivity index (χ1) is 15.7. The largest absolute Gasteiger partial charge is 0.497 e. The van der Waals surface area contributed by atoms with Crippen molar-refractivity contribution in [2.75, 3.05) is 33.5 Å². The summed E-state index contributed by atoms with van der Waals surface area (Å²) >= 11 is 0. The minimum Gasteiger partial charge on any atom is -0.497 e. The Morgan fingerprint density at radius 1 is 1.25 bits per heavy atom. The number of H-pyrrole nitrogens is 1. The van der Waals surface area contributed by atoms with Gasteiger partial charge in [-0.25, -0.2) is 4.98 Å². The van der Waals surface area contributed by atoms with E-state index in [1.54, 1.807) is 7.11 Å². The molecule has 0 radical (unpaired) electrons. The molecule has 0 saturated carbocycles. The monoisotopic (exact) mass is 436 g/mol. The van der Waals surface area contributed by atoms with Crippen LogP contribution in [0.2, 0.25) is 0 Å². The average Bonchev–Trinajstić information content (AvgIpc) is 3.44. The molecule has 3 aromatic rings. The van der Waals surface area contributed by atoms with Gasteiger partial charge in [-0.1, -0.05) is 0 Å². The van der Waals surface area contributed by atoms with Crippen molar-refractivity contribution < 1.29 is 19.3 Å². The van der Waals surface area contributed by atoms with E-state index in [1.165, 1.54) is 0 Å². The van der Waals surface area contributed by atoms with Gasteiger partial charge in [-0.15, -0.1) is 0 Å². The third kappa shape index (κ3) is 3.86. The molecule has 0 amide bonds. The number of hydrazone groups is 1. The molecule has 3 heterocycles. The predicted molar refractivity (Wildman–Crippen MR) is 122 cm³/mol. The molecule has 0 aliphatic carbocycles. The van der Waals surface area contributed by atoms with Gasteiger partial charge in [-0.2, -0.15) is 5.10 Å². The maximum Gasteiger partial charge on any atom is 0.147 e. The van der Waals surface area contributed by atoms with Gasteiger partial charge in [0, 0.05) is 31.2 Å². The van der Waals surface area contributed by atoms with Gasteiger partial charge in [0.25, 0.3) is 0 Å². The van der Waals surface area contributed by atoms with E-state index in [-0.39, 0.29) is 18.4 Å². The Hall–Kier alpha value is -3.26. The Labute approximate surface area is 186 Å². The van der Waals surface area contributed by atoms with Crippen molar-refractivity contribution in [1.29, 1.82) is 0 Å². The molecule has 8 nitrogen and oxygen atoms in total. The highest BCUT2D eigenvalue weighted by molar-refractivity contribution is 5.92. The molecule has 0 spiro atoms. The highest BCUT2D eigenvalue weighted by Crippen LogP contribution is 2.36. The Bertz CT molecular complexity index is 1160. The van der Waals surface area contributed by atoms with Crippen LogP contribution in [0.4, 0.5) is 0 Å². The summed E-state index contributed by atoms with van der Waals surface area (Å²) in [4.78, 5) is 8.44. The molecule has 5 rings (SSSR count). The Kier molecular flexibility index (Phi) is 5.61. The molecule has 1 aromatic heterocycles. The fourth-order valence-corrected chi connectivity index (χ4v) is 4.40. The fraction of sp³-hybridized carbons (Fsp3) is 0.417. The molecule has 8 heteroatoms. The molecule has 2 unspecified atom stereocenters. The number of aliphatic hydroxyl groups excluding tert-OH is 1. The summed E-state index contributed by atoms with van der Waals surface area (Å²) in [6.45, 7) is 3.89. The zero-order valence-corrected chi connectivity index (χ0v) is 18.4. The van der Waals surface area contributed by atoms with Gasteiger partial charge < -0.3 is 29.7 Å². The summed E-state index contributed by atoms with van der Waals surface area (Å²) in [7, 11) is 1.67. The van der Waals surface area contributed by atoms with Crippen LogP contribution in [0.3, 0.4) is 0 Å². The first kappa shape index (κ1) is 20.6. The SMILES string of the molecule is COc1ccc2c(c1)CC(c1nc3c(OCCCO)cc(C4CNN=C4C)cc3[nH]1)CO2. The first-order valence-electron chi connectivity index (χ1n) is 11.0. The van der Waals surface area contributed by atoms with E-state index in [9.17, 15) is 0 Å². The molecule has 2 aliphatic rings. The van der Waals surface area contributed by atoms with Crippen LogP contribution in [-0.2, 0) is 6.42 Å². The zero-order chi connectivity index (χ0) is 22.1. The molecular weight excluding hydrogens is 408 g/mol. The van der Waals surface area contributed by atoms with Crippen LogP contribution in [0.5, 0.6) is 17.2 Å². The summed E-state index contributed by atoms with van der Waals surface area (Å²) in [5, 5.41) is 13.5. The van der Waals surface area contributed by atoms with E-state index in [2.05, 4.69) is 27.6 Å². The molecule has 3 N–H and O–H groups in total. The summed E-state index contributed by atoms with van der Waals surface area (Å²) in [5.41, 5.74) is 8.12. The molecule has 168 valence electrons. The number of hydrogen-bond donors (Lipinski definition) is 3. The third-order valence-corrected chi connectivity index (χ3v) is 6.17. The molecule has 2 aromatic carbocycles. The number of fused-ring (bicyclic) bond motifs is 2. The third-order valence-electron chi connectivity index (χ3n) is 6.17. The lowest BCUT2D eigenvalue weighted by Crippen LogP contribution is -2.20. The van der Waals surface area contributed by atoms with Crippen LogP contribution >= 0.6 is 0 Å². The molecule has 0 bridgehead atoms. The minimum atomic E-state index is 0.0925. The van der Waals surface area contributed by atoms with Crippen LogP contribution in [0.15, 0.2) is 35.4 Å². The minimum absolute atomic E-state index is 0.0925. The van der Waals surface area contributed by atoms with E-state index in [0.29, 0.717) is 19.6 Å². The van der Waals surface area contributed by atoms with Crippen LogP contribution < -0.4 is 19.6 Å². The fourth-order valence-electron chi connectivity index (χ4n) is 4.40. The molecule has 2 aliphatic heterocycles. The second-order valence-corrected chi connectivity index (χ2v) is 8.32. The lowest BCUT2D eigenvalue weighted by atomic mass is 9.95. The number of aliphatic hydroxyl groups is 1. The number of nitrogens with zero attached hydrogens (tertiary/aromatic N) is 2. The number of hydrogen-bond acceptors (Lipinski definition) is 7. The normalized spacial score (nSPS) is 19.8. The summed E-state index contributed by atoms with van der Waals surface area (Å²) in [6, 6.07) is 10.1. The Balaban J connectivity index is 1.49. The number of aromatic nitrogens is 2. The van der Waals surface area contributed by atoms with Crippen molar-refractivity contribution in [2.45, 2.75) is 31.6 Å². The van der Waals surface area contributed by atoms with Crippen molar-refractivity contribution >= 4 is 16.7 Å². The van der Waals surface area contributed by atoms with E-state index in [4.69, 9.17) is 24.3 Å². The first-order valence-corrected chi connectivity index (χ1v) is 11.0. The molecule has 2 atom stereocenters. The van der Waals surface area contributed by atoms with Gasteiger partial charge in [0.05, 0.1) is 31.8 Å². The van der Waals surface area contributed by atoms with Gasteiger partial charge in [-0.3, -0.25) is 0 Å². The second-order valence-electron chi connectivity index (χ2n) is 8.32. The van der Waals surface area contributed by atoms with Gasteiger partial charge in [-0.05, 0) is 54.8 Å². The second kappa shape index (κ2) is 8.70. The van der Waals surface area contributed by atoms with Crippen LogP contribution in [-0.4, -0.2) is 54.3 Å². The summed E-state index contributed by atoms with van der Waals surface area (Å²) in [5.74, 6) is 3.64. The van der Waals surface area contributed by atoms with Crippen LogP contribution in [0.25, 0.3) is 11.0 Å². The average molecular weight is 437 g/mol. The van der Waals surface area contributed by atoms with Crippen molar-refractivity contribution in [3.8, 4) is 17.2 Å². The molecule has 0 saturated heterocycles.